The van der Waals surface area contributed by atoms with Gasteiger partial charge in [0, 0.05) is 93.1 Å². The summed E-state index contributed by atoms with van der Waals surface area (Å²) in [6, 6.07) is 90.8. The van der Waals surface area contributed by atoms with Crippen LogP contribution in [0.4, 0.5) is 5.69 Å². The van der Waals surface area contributed by atoms with Crippen molar-refractivity contribution in [3.63, 3.8) is 0 Å². The van der Waals surface area contributed by atoms with E-state index in [0.29, 0.717) is 5.71 Å². The molecule has 0 atom stereocenters. The molecule has 13 heteroatoms. The molecule has 712 valence electrons. The highest BCUT2D eigenvalue weighted by atomic mass is 16.3. The zero-order valence-corrected chi connectivity index (χ0v) is 88.2. The smallest absolute Gasteiger partial charge is 0.246 e. The number of hydrogen-bond donors (Lipinski definition) is 0. The van der Waals surface area contributed by atoms with Crippen molar-refractivity contribution in [3.8, 4) is 73.2 Å². The highest BCUT2D eigenvalue weighted by Gasteiger charge is 2.56. The van der Waals surface area contributed by atoms with Crippen molar-refractivity contribution in [1.82, 2.24) is 28.4 Å². The second-order valence-corrected chi connectivity index (χ2v) is 43.1. The molecule has 138 heavy (non-hydrogen) atoms. The molecule has 1 saturated heterocycles. The number of aryl methyl sites for hydroxylation is 12. The Hall–Kier alpha value is -13.0. The molecule has 7 aromatic heterocycles. The average Bonchev–Trinajstić information content (AvgIpc) is 1.52. The Bertz CT molecular complexity index is 7430. The summed E-state index contributed by atoms with van der Waals surface area (Å²) < 4.78 is 47.4. The second-order valence-electron chi connectivity index (χ2n) is 43.1. The van der Waals surface area contributed by atoms with Crippen LogP contribution in [0.25, 0.3) is 95.3 Å². The van der Waals surface area contributed by atoms with Crippen LogP contribution in [-0.2, 0) is 67.7 Å². The first-order valence-electron chi connectivity index (χ1n) is 51.1. The number of furan rings is 1. The standard InChI is InChI=1S/C31H35N2.C24H30N2O.C23H27N2.C17H23N2.C17H17N2.C11H13N2.C2H6/c1-20-17-21(2)19-24(18-20)28-26(23-14-10-9-11-15-23)29-31(6,7)30(4,5)25-16-12-13-22(3)27(25)33(29)32(28)8;1-16-8-10-18-19-11-9-17(2)25-22(19)27-21(18)20(16)26-15-24(14-23(26,3)4)12-6-5-7-13-24;1-16-11-10-14-19-20(16)25-21(23(4,5)22(19,2)3)18(15-24(25)6)17-12-8-7-9-13-17;1-12-8-7-9-13-15(12)19-14(10-11-18(19)6)17(4,5)16(13,2)3;1-14-8-6-7-11-16(14)19-13-12-17(18(19)2)15-9-4-3-5-10-15;1-10-6-3-4-7-11(10)13-9-5-8-12(13)2;1-2/h9-19H,1-8H3;8-11H,5-7,12-15H2,1-4H3;7-15H,1-6H3;7-11H,1-6H3;3-13H,1-2H3;3-9H,1-2H3;1-2H3/q+1;;4*+1;/i;14D2;;;;;. The number of anilines is 1. The van der Waals surface area contributed by atoms with E-state index in [0.717, 1.165) is 65.5 Å². The Morgan fingerprint density at radius 1 is 0.370 bits per heavy atom. The van der Waals surface area contributed by atoms with Gasteiger partial charge >= 0.3 is 0 Å². The number of aromatic nitrogens is 11. The highest BCUT2D eigenvalue weighted by molar-refractivity contribution is 6.09. The van der Waals surface area contributed by atoms with E-state index in [1.807, 2.05) is 52.2 Å². The Kier molecular flexibility index (Phi) is 26.1. The molecule has 11 heterocycles. The van der Waals surface area contributed by atoms with Gasteiger partial charge in [-0.25, -0.2) is 4.98 Å². The molecule has 2 fully saturated rings. The van der Waals surface area contributed by atoms with Crippen LogP contribution in [0.1, 0.15) is 236 Å². The van der Waals surface area contributed by atoms with Crippen molar-refractivity contribution in [2.24, 2.45) is 40.7 Å². The minimum absolute atomic E-state index is 0.000226. The van der Waals surface area contributed by atoms with Crippen LogP contribution in [0.15, 0.2) is 290 Å². The third-order valence-corrected chi connectivity index (χ3v) is 32.2. The van der Waals surface area contributed by atoms with Gasteiger partial charge in [0.25, 0.3) is 0 Å². The van der Waals surface area contributed by atoms with Crippen molar-refractivity contribution in [1.29, 1.82) is 0 Å². The number of pyridine rings is 1. The first-order chi connectivity index (χ1) is 66.3. The lowest BCUT2D eigenvalue weighted by Gasteiger charge is -2.46. The molecule has 5 aliphatic rings. The molecule has 4 aliphatic heterocycles. The fourth-order valence-electron chi connectivity index (χ4n) is 22.8. The van der Waals surface area contributed by atoms with Crippen molar-refractivity contribution >= 4 is 27.8 Å². The normalized spacial score (nSPS) is 16.7. The second kappa shape index (κ2) is 37.7. The maximum atomic E-state index is 9.21. The van der Waals surface area contributed by atoms with Gasteiger partial charge < -0.3 is 9.32 Å². The Labute approximate surface area is 826 Å². The molecule has 0 amide bonds. The van der Waals surface area contributed by atoms with Gasteiger partial charge in [-0.2, -0.15) is 0 Å². The molecule has 17 aromatic rings. The zero-order chi connectivity index (χ0) is 101. The van der Waals surface area contributed by atoms with Gasteiger partial charge in [0.1, 0.15) is 39.8 Å². The lowest BCUT2D eigenvalue weighted by atomic mass is 9.59. The summed E-state index contributed by atoms with van der Waals surface area (Å²) in [5.41, 5.74) is 38.1. The summed E-state index contributed by atoms with van der Waals surface area (Å²) >= 11 is 0. The highest BCUT2D eigenvalue weighted by Crippen LogP contribution is 2.58. The van der Waals surface area contributed by atoms with Crippen molar-refractivity contribution < 1.29 is 30.6 Å². The van der Waals surface area contributed by atoms with Crippen LogP contribution in [0.5, 0.6) is 0 Å². The van der Waals surface area contributed by atoms with Crippen molar-refractivity contribution in [3.05, 3.63) is 370 Å². The predicted octanol–water partition coefficient (Wildman–Crippen LogP) is 27.6. The van der Waals surface area contributed by atoms with Gasteiger partial charge in [0.05, 0.1) is 34.9 Å². The van der Waals surface area contributed by atoms with Crippen LogP contribution in [0.3, 0.4) is 0 Å². The fraction of sp³-hybridized carbons (Fsp3) is 0.360. The predicted molar refractivity (Wildman–Crippen MR) is 572 cm³/mol. The first kappa shape index (κ1) is 95.3. The van der Waals surface area contributed by atoms with Gasteiger partial charge in [-0.3, -0.25) is 0 Å². The minimum atomic E-state index is -1.27. The van der Waals surface area contributed by atoms with E-state index in [1.54, 1.807) is 0 Å². The topological polar surface area (TPSA) is 73.3 Å². The Morgan fingerprint density at radius 2 is 0.848 bits per heavy atom. The lowest BCUT2D eigenvalue weighted by Crippen LogP contribution is -2.51. The van der Waals surface area contributed by atoms with Crippen molar-refractivity contribution in [2.75, 3.05) is 11.4 Å². The SMILES string of the molecule is CC.Cc1cc(C)cc(-c2c(-c3ccccc3)c3n([n+]2C)-c2c(C)cccc2C(C)(C)C3(C)C)c1.Cc1cccc2c1-n1c(c(-c3ccccc3)c[n+]1C)C(C)(C)C2(C)C.Cc1cccc2c1-n1c(cc[n+]1C)C(C)(C)C2(C)C.Cc1ccccc1-n1ccc(-c2ccccc2)[n+]1C.Cc1ccccc1-n1ccc[n+]1C.[2H]C1([2H])C2(CCCCC2)CN(c2c(C)ccc3c2oc2nc(C)ccc23)C1(C)C. The number of fused-ring (bicyclic) bond motifs is 12. The average molecular weight is 1840 g/mol. The van der Waals surface area contributed by atoms with Gasteiger partial charge in [-0.1, -0.05) is 315 Å². The van der Waals surface area contributed by atoms with E-state index in [1.165, 1.54) is 152 Å². The van der Waals surface area contributed by atoms with E-state index in [-0.39, 0.29) is 37.9 Å². The number of benzene rings is 10. The zero-order valence-electron chi connectivity index (χ0n) is 90.2. The van der Waals surface area contributed by atoms with E-state index in [4.69, 9.17) is 4.42 Å². The van der Waals surface area contributed by atoms with Gasteiger partial charge in [-0.05, 0) is 211 Å². The molecular weight excluding hydrogens is 1690 g/mol. The molecule has 1 spiro atoms. The number of rotatable bonds is 7. The first-order valence-corrected chi connectivity index (χ1v) is 50.1. The van der Waals surface area contributed by atoms with Crippen molar-refractivity contribution in [2.45, 2.75) is 250 Å². The molecule has 1 aliphatic carbocycles. The van der Waals surface area contributed by atoms with Gasteiger partial charge in [0.15, 0.2) is 53.2 Å². The summed E-state index contributed by atoms with van der Waals surface area (Å²) in [6.45, 7) is 56.9. The van der Waals surface area contributed by atoms with Crippen LogP contribution in [-0.4, -0.2) is 40.5 Å². The monoisotopic (exact) mass is 1840 g/mol. The quantitative estimate of drug-likeness (QED) is 0.149. The van der Waals surface area contributed by atoms with Gasteiger partial charge in [0.2, 0.25) is 23.3 Å². The lowest BCUT2D eigenvalue weighted by molar-refractivity contribution is -0.745. The van der Waals surface area contributed by atoms with Gasteiger partial charge in [-0.15, -0.1) is 46.8 Å². The number of para-hydroxylation sites is 5. The van der Waals surface area contributed by atoms with E-state index < -0.39 is 11.9 Å². The summed E-state index contributed by atoms with van der Waals surface area (Å²) in [4.78, 5) is 6.91. The van der Waals surface area contributed by atoms with Crippen LogP contribution < -0.4 is 28.3 Å². The molecular formula is C125H151N12O+5. The summed E-state index contributed by atoms with van der Waals surface area (Å²) in [5.74, 6) is 0. The van der Waals surface area contributed by atoms with Crippen LogP contribution >= 0.6 is 0 Å². The Morgan fingerprint density at radius 3 is 1.39 bits per heavy atom. The Balaban J connectivity index is 0.000000123. The van der Waals surface area contributed by atoms with E-state index >= 15 is 0 Å². The molecule has 0 bridgehead atoms. The summed E-state index contributed by atoms with van der Waals surface area (Å²) in [6.07, 6.45) is 14.8. The summed E-state index contributed by atoms with van der Waals surface area (Å²) in [5, 5.41) is 2.09. The molecule has 1 saturated carbocycles. The summed E-state index contributed by atoms with van der Waals surface area (Å²) in [7, 11) is 10.6. The van der Waals surface area contributed by atoms with Crippen LogP contribution in [0, 0.1) is 67.7 Å². The molecule has 22 rings (SSSR count). The largest absolute Gasteiger partial charge is 0.436 e. The number of hydrogen-bond acceptors (Lipinski definition) is 3. The minimum Gasteiger partial charge on any atom is -0.436 e. The maximum Gasteiger partial charge on any atom is 0.246 e. The molecule has 13 nitrogen and oxygen atoms in total. The van der Waals surface area contributed by atoms with E-state index in [2.05, 4.69) is 499 Å². The molecule has 0 radical (unpaired) electrons. The third-order valence-electron chi connectivity index (χ3n) is 32.2. The number of nitrogens with zero attached hydrogens (tertiary/aromatic N) is 12. The fourth-order valence-corrected chi connectivity index (χ4v) is 22.8. The third kappa shape index (κ3) is 17.1. The molecule has 0 unspecified atom stereocenters. The maximum absolute atomic E-state index is 9.21. The molecule has 0 N–H and O–H groups in total. The molecule has 10 aromatic carbocycles. The van der Waals surface area contributed by atoms with Crippen LogP contribution in [0.2, 0.25) is 0 Å². The van der Waals surface area contributed by atoms with E-state index in [9.17, 15) is 2.74 Å².